The molecule has 6 nitrogen and oxygen atoms in total. The van der Waals surface area contributed by atoms with E-state index in [2.05, 4.69) is 15.5 Å². The van der Waals surface area contributed by atoms with Crippen molar-refractivity contribution < 1.29 is 14.0 Å². The van der Waals surface area contributed by atoms with E-state index < -0.39 is 0 Å². The highest BCUT2D eigenvalue weighted by molar-refractivity contribution is 4.94. The van der Waals surface area contributed by atoms with Crippen LogP contribution in [0.15, 0.2) is 4.52 Å². The van der Waals surface area contributed by atoms with Gasteiger partial charge in [-0.3, -0.25) is 0 Å². The third-order valence-corrected chi connectivity index (χ3v) is 2.99. The van der Waals surface area contributed by atoms with Gasteiger partial charge < -0.3 is 19.3 Å². The van der Waals surface area contributed by atoms with Gasteiger partial charge in [-0.1, -0.05) is 11.6 Å². The number of ether oxygens (including phenoxy) is 2. The second-order valence-corrected chi connectivity index (χ2v) is 4.41. The summed E-state index contributed by atoms with van der Waals surface area (Å²) in [7, 11) is 1.66. The largest absolute Gasteiger partial charge is 0.382 e. The molecule has 0 saturated carbocycles. The van der Waals surface area contributed by atoms with Gasteiger partial charge in [-0.05, 0) is 19.4 Å². The first kappa shape index (κ1) is 13.5. The summed E-state index contributed by atoms with van der Waals surface area (Å²) in [6, 6.07) is 0.231. The van der Waals surface area contributed by atoms with E-state index in [1.807, 2.05) is 0 Å². The van der Waals surface area contributed by atoms with Crippen LogP contribution in [0.25, 0.3) is 0 Å². The summed E-state index contributed by atoms with van der Waals surface area (Å²) in [5, 5.41) is 7.36. The van der Waals surface area contributed by atoms with Crippen LogP contribution in [0.5, 0.6) is 0 Å². The number of hydrogen-bond acceptors (Lipinski definition) is 6. The molecule has 0 aromatic carbocycles. The van der Waals surface area contributed by atoms with E-state index in [0.717, 1.165) is 18.8 Å². The van der Waals surface area contributed by atoms with Crippen LogP contribution in [0.2, 0.25) is 0 Å². The van der Waals surface area contributed by atoms with E-state index in [0.29, 0.717) is 32.1 Å². The molecule has 0 aliphatic carbocycles. The van der Waals surface area contributed by atoms with Crippen molar-refractivity contribution in [1.29, 1.82) is 0 Å². The van der Waals surface area contributed by atoms with Crippen LogP contribution in [0.3, 0.4) is 0 Å². The highest BCUT2D eigenvalue weighted by Crippen LogP contribution is 2.21. The molecule has 1 saturated heterocycles. The molecule has 1 aromatic heterocycles. The van der Waals surface area contributed by atoms with Crippen LogP contribution >= 0.6 is 0 Å². The van der Waals surface area contributed by atoms with Gasteiger partial charge in [-0.2, -0.15) is 4.98 Å². The zero-order valence-electron chi connectivity index (χ0n) is 10.9. The quantitative estimate of drug-likeness (QED) is 0.735. The summed E-state index contributed by atoms with van der Waals surface area (Å²) in [5.74, 6) is 1.43. The summed E-state index contributed by atoms with van der Waals surface area (Å²) in [6.07, 6.45) is 4.20. The lowest BCUT2D eigenvalue weighted by molar-refractivity contribution is 0.0714. The number of methoxy groups -OCH3 is 1. The number of nitrogens with one attached hydrogen (secondary N) is 1. The normalized spacial score (nSPS) is 20.2. The van der Waals surface area contributed by atoms with Gasteiger partial charge in [0.15, 0.2) is 5.82 Å². The lowest BCUT2D eigenvalue weighted by atomic mass is 10.1. The molecule has 2 rings (SSSR count). The van der Waals surface area contributed by atoms with Crippen molar-refractivity contribution in [2.45, 2.75) is 31.7 Å². The Kier molecular flexibility index (Phi) is 5.57. The molecule has 18 heavy (non-hydrogen) atoms. The second-order valence-electron chi connectivity index (χ2n) is 4.41. The molecule has 1 aliphatic heterocycles. The Morgan fingerprint density at radius 3 is 3.06 bits per heavy atom. The average molecular weight is 255 g/mol. The van der Waals surface area contributed by atoms with Crippen molar-refractivity contribution in [3.63, 3.8) is 0 Å². The molecular formula is C12H21N3O3. The standard InChI is InChI=1S/C12H21N3O3/c1-16-8-9-17-7-5-11-14-12(18-15-11)10-4-2-3-6-13-10/h10,13H,2-9H2,1H3/t10-/m0/s1. The van der Waals surface area contributed by atoms with Crippen LogP contribution in [0, 0.1) is 0 Å². The SMILES string of the molecule is COCCOCCc1noc([C@@H]2CCCCN2)n1. The number of hydrogen-bond donors (Lipinski definition) is 1. The Labute approximate surface area is 107 Å². The highest BCUT2D eigenvalue weighted by Gasteiger charge is 2.20. The fourth-order valence-corrected chi connectivity index (χ4v) is 1.98. The van der Waals surface area contributed by atoms with Crippen molar-refractivity contribution >= 4 is 0 Å². The molecule has 1 atom stereocenters. The van der Waals surface area contributed by atoms with Crippen LogP contribution in [0.4, 0.5) is 0 Å². The molecule has 1 aromatic rings. The Hall–Kier alpha value is -0.980. The van der Waals surface area contributed by atoms with Crippen LogP contribution in [-0.2, 0) is 15.9 Å². The van der Waals surface area contributed by atoms with Gasteiger partial charge in [0.2, 0.25) is 5.89 Å². The third-order valence-electron chi connectivity index (χ3n) is 2.99. The fourth-order valence-electron chi connectivity index (χ4n) is 1.98. The Morgan fingerprint density at radius 1 is 1.33 bits per heavy atom. The zero-order valence-corrected chi connectivity index (χ0v) is 10.9. The summed E-state index contributed by atoms with van der Waals surface area (Å²) in [6.45, 7) is 2.85. The predicted octanol–water partition coefficient (Wildman–Crippen LogP) is 1.09. The monoisotopic (exact) mass is 255 g/mol. The molecular weight excluding hydrogens is 234 g/mol. The first-order valence-corrected chi connectivity index (χ1v) is 6.52. The number of aromatic nitrogens is 2. The second kappa shape index (κ2) is 7.45. The first-order chi connectivity index (χ1) is 8.90. The van der Waals surface area contributed by atoms with E-state index in [4.69, 9.17) is 14.0 Å². The third kappa shape index (κ3) is 4.04. The maximum absolute atomic E-state index is 5.37. The summed E-state index contributed by atoms with van der Waals surface area (Å²) in [5.41, 5.74) is 0. The van der Waals surface area contributed by atoms with Crippen molar-refractivity contribution in [3.05, 3.63) is 11.7 Å². The first-order valence-electron chi connectivity index (χ1n) is 6.52. The topological polar surface area (TPSA) is 69.4 Å². The van der Waals surface area contributed by atoms with Gasteiger partial charge in [0.05, 0.1) is 25.9 Å². The lowest BCUT2D eigenvalue weighted by Gasteiger charge is -2.19. The highest BCUT2D eigenvalue weighted by atomic mass is 16.5. The van der Waals surface area contributed by atoms with Gasteiger partial charge >= 0.3 is 0 Å². The number of piperidine rings is 1. The predicted molar refractivity (Wildman–Crippen MR) is 65.3 cm³/mol. The van der Waals surface area contributed by atoms with Gasteiger partial charge in [-0.25, -0.2) is 0 Å². The molecule has 0 radical (unpaired) electrons. The average Bonchev–Trinajstić information content (AvgIpc) is 2.88. The molecule has 6 heteroatoms. The Bertz CT molecular complexity index is 337. The van der Waals surface area contributed by atoms with Gasteiger partial charge in [-0.15, -0.1) is 0 Å². The van der Waals surface area contributed by atoms with Crippen molar-refractivity contribution in [3.8, 4) is 0 Å². The van der Waals surface area contributed by atoms with E-state index in [-0.39, 0.29) is 6.04 Å². The molecule has 0 bridgehead atoms. The van der Waals surface area contributed by atoms with E-state index in [9.17, 15) is 0 Å². The number of nitrogens with zero attached hydrogens (tertiary/aromatic N) is 2. The minimum atomic E-state index is 0.231. The maximum atomic E-state index is 5.37. The molecule has 1 aliphatic rings. The van der Waals surface area contributed by atoms with E-state index in [1.165, 1.54) is 12.8 Å². The van der Waals surface area contributed by atoms with Crippen molar-refractivity contribution in [2.75, 3.05) is 33.5 Å². The number of rotatable bonds is 7. The fraction of sp³-hybridized carbons (Fsp3) is 0.833. The molecule has 2 heterocycles. The molecule has 0 amide bonds. The molecule has 0 unspecified atom stereocenters. The van der Waals surface area contributed by atoms with Crippen LogP contribution in [-0.4, -0.2) is 43.6 Å². The Morgan fingerprint density at radius 2 is 2.28 bits per heavy atom. The molecule has 102 valence electrons. The molecule has 1 fully saturated rings. The van der Waals surface area contributed by atoms with Crippen LogP contribution < -0.4 is 5.32 Å². The molecule has 1 N–H and O–H groups in total. The van der Waals surface area contributed by atoms with Crippen molar-refractivity contribution in [2.24, 2.45) is 0 Å². The minimum Gasteiger partial charge on any atom is -0.382 e. The van der Waals surface area contributed by atoms with Gasteiger partial charge in [0.25, 0.3) is 0 Å². The van der Waals surface area contributed by atoms with Gasteiger partial charge in [0, 0.05) is 13.5 Å². The van der Waals surface area contributed by atoms with E-state index >= 15 is 0 Å². The maximum Gasteiger partial charge on any atom is 0.243 e. The zero-order chi connectivity index (χ0) is 12.6. The smallest absolute Gasteiger partial charge is 0.243 e. The summed E-state index contributed by atoms with van der Waals surface area (Å²) in [4.78, 5) is 4.40. The molecule has 0 spiro atoms. The summed E-state index contributed by atoms with van der Waals surface area (Å²) < 4.78 is 15.5. The minimum absolute atomic E-state index is 0.231. The van der Waals surface area contributed by atoms with E-state index in [1.54, 1.807) is 7.11 Å². The van der Waals surface area contributed by atoms with Crippen molar-refractivity contribution in [1.82, 2.24) is 15.5 Å². The van der Waals surface area contributed by atoms with Gasteiger partial charge in [0.1, 0.15) is 0 Å². The summed E-state index contributed by atoms with van der Waals surface area (Å²) >= 11 is 0. The Balaban J connectivity index is 1.72. The van der Waals surface area contributed by atoms with Crippen LogP contribution in [0.1, 0.15) is 37.0 Å². The lowest BCUT2D eigenvalue weighted by Crippen LogP contribution is -2.27.